The molecule has 4 heteroatoms. The summed E-state index contributed by atoms with van der Waals surface area (Å²) in [4.78, 5) is 10.9. The summed E-state index contributed by atoms with van der Waals surface area (Å²) in [5.74, 6) is 0. The number of rotatable bonds is 1. The van der Waals surface area contributed by atoms with Crippen molar-refractivity contribution in [3.8, 4) is 0 Å². The largest absolute Gasteiger partial charge is 1.00 e. The van der Waals surface area contributed by atoms with Crippen LogP contribution >= 0.6 is 0 Å². The minimum atomic E-state index is 0. The molecule has 0 aliphatic heterocycles. The fourth-order valence-electron chi connectivity index (χ4n) is 0.783. The molecule has 0 aliphatic rings. The van der Waals surface area contributed by atoms with E-state index in [-0.39, 0.29) is 35.1 Å². The fraction of sp³-hybridized carbons (Fsp3) is 0.571. The number of nitrogens with one attached hydrogen (secondary N) is 1. The summed E-state index contributed by atoms with van der Waals surface area (Å²) in [7, 11) is 0. The average Bonchev–Trinajstić information content (AvgIpc) is 2.13. The second-order valence-corrected chi connectivity index (χ2v) is 2.75. The molecule has 56 valence electrons. The van der Waals surface area contributed by atoms with Gasteiger partial charge < -0.3 is 0 Å². The molecule has 0 fully saturated rings. The van der Waals surface area contributed by atoms with Gasteiger partial charge in [-0.3, -0.25) is 14.6 Å². The summed E-state index contributed by atoms with van der Waals surface area (Å²) in [5, 5.41) is 2.70. The van der Waals surface area contributed by atoms with Crippen molar-refractivity contribution in [1.29, 1.82) is 0 Å². The van der Waals surface area contributed by atoms with Crippen LogP contribution in [0.25, 0.3) is 0 Å². The molecule has 0 saturated carbocycles. The van der Waals surface area contributed by atoms with Gasteiger partial charge in [0, 0.05) is 17.8 Å². The molecule has 0 spiro atoms. The van der Waals surface area contributed by atoms with Crippen LogP contribution in [0.1, 0.15) is 25.5 Å². The van der Waals surface area contributed by atoms with Crippen molar-refractivity contribution < 1.29 is 29.6 Å². The van der Waals surface area contributed by atoms with E-state index in [0.717, 1.165) is 5.56 Å². The molecular weight excluding hydrogens is 151 g/mol. The Morgan fingerprint density at radius 2 is 2.09 bits per heavy atom. The number of aryl methyl sites for hydroxylation is 1. The Morgan fingerprint density at radius 1 is 1.55 bits per heavy atom. The predicted octanol–water partition coefficient (Wildman–Crippen LogP) is -1.93. The normalized spacial score (nSPS) is 9.82. The zero-order valence-electron chi connectivity index (χ0n) is 7.51. The predicted molar refractivity (Wildman–Crippen MR) is 40.2 cm³/mol. The molecule has 0 radical (unpaired) electrons. The molecule has 3 nitrogen and oxygen atoms in total. The minimum absolute atomic E-state index is 0. The molecule has 1 aromatic heterocycles. The summed E-state index contributed by atoms with van der Waals surface area (Å²) < 4.78 is 1.80. The van der Waals surface area contributed by atoms with Gasteiger partial charge >= 0.3 is 29.6 Å². The van der Waals surface area contributed by atoms with Crippen molar-refractivity contribution in [2.24, 2.45) is 0 Å². The maximum Gasteiger partial charge on any atom is 1.00 e. The Morgan fingerprint density at radius 3 is 2.27 bits per heavy atom. The number of aromatic amines is 1. The Bertz CT molecular complexity index is 274. The van der Waals surface area contributed by atoms with Crippen LogP contribution in [0.15, 0.2) is 11.0 Å². The smallest absolute Gasteiger partial charge is 0.290 e. The van der Waals surface area contributed by atoms with Gasteiger partial charge in [-0.25, -0.2) is 0 Å². The number of nitrogens with zero attached hydrogens (tertiary/aromatic N) is 1. The summed E-state index contributed by atoms with van der Waals surface area (Å²) >= 11 is 0. The van der Waals surface area contributed by atoms with Gasteiger partial charge in [0.25, 0.3) is 5.56 Å². The molecule has 0 bridgehead atoms. The van der Waals surface area contributed by atoms with Crippen LogP contribution < -0.4 is 35.1 Å². The molecule has 1 aromatic rings. The maximum atomic E-state index is 10.9. The quantitative estimate of drug-likeness (QED) is 0.481. The van der Waals surface area contributed by atoms with Crippen molar-refractivity contribution in [2.45, 2.75) is 26.8 Å². The van der Waals surface area contributed by atoms with E-state index in [1.54, 1.807) is 11.6 Å². The number of hydrogen-bond acceptors (Lipinski definition) is 1. The van der Waals surface area contributed by atoms with Gasteiger partial charge in [-0.2, -0.15) is 0 Å². The Kier molecular flexibility index (Phi) is 4.14. The summed E-state index contributed by atoms with van der Waals surface area (Å²) in [6, 6.07) is 0.335. The SMILES string of the molecule is Cc1cn(C(C)C)[nH]c1=O.[Na+]. The molecule has 1 rings (SSSR count). The van der Waals surface area contributed by atoms with Crippen molar-refractivity contribution in [3.05, 3.63) is 22.1 Å². The Labute approximate surface area is 88.1 Å². The van der Waals surface area contributed by atoms with Crippen molar-refractivity contribution in [2.75, 3.05) is 0 Å². The Balaban J connectivity index is 0.000001000. The first-order valence-electron chi connectivity index (χ1n) is 3.39. The van der Waals surface area contributed by atoms with Crippen LogP contribution in [-0.2, 0) is 0 Å². The van der Waals surface area contributed by atoms with Gasteiger partial charge in [0.15, 0.2) is 0 Å². The van der Waals surface area contributed by atoms with Gasteiger partial charge in [0.05, 0.1) is 0 Å². The molecule has 0 saturated heterocycles. The van der Waals surface area contributed by atoms with Crippen LogP contribution in [0.2, 0.25) is 0 Å². The van der Waals surface area contributed by atoms with E-state index in [0.29, 0.717) is 6.04 Å². The van der Waals surface area contributed by atoms with E-state index in [2.05, 4.69) is 5.10 Å². The fourth-order valence-corrected chi connectivity index (χ4v) is 0.783. The van der Waals surface area contributed by atoms with E-state index < -0.39 is 0 Å². The molecule has 1 N–H and O–H groups in total. The van der Waals surface area contributed by atoms with Gasteiger partial charge in [0.2, 0.25) is 0 Å². The van der Waals surface area contributed by atoms with Gasteiger partial charge in [-0.15, -0.1) is 0 Å². The molecule has 1 heterocycles. The van der Waals surface area contributed by atoms with Crippen LogP contribution in [0.5, 0.6) is 0 Å². The molecule has 11 heavy (non-hydrogen) atoms. The van der Waals surface area contributed by atoms with Crippen LogP contribution in [0.4, 0.5) is 0 Å². The zero-order valence-corrected chi connectivity index (χ0v) is 9.51. The van der Waals surface area contributed by atoms with Crippen LogP contribution in [0.3, 0.4) is 0 Å². The zero-order chi connectivity index (χ0) is 7.72. The second-order valence-electron chi connectivity index (χ2n) is 2.75. The van der Waals surface area contributed by atoms with E-state index in [1.807, 2.05) is 20.0 Å². The number of H-pyrrole nitrogens is 1. The second kappa shape index (κ2) is 4.14. The third-order valence-corrected chi connectivity index (χ3v) is 1.48. The van der Waals surface area contributed by atoms with Crippen molar-refractivity contribution in [1.82, 2.24) is 9.78 Å². The topological polar surface area (TPSA) is 37.8 Å². The molecular formula is C7H12N2NaO+. The maximum absolute atomic E-state index is 10.9. The standard InChI is InChI=1S/C7H12N2O.Na/c1-5(2)9-4-6(3)7(10)8-9;/h4-5H,1-3H3,(H,8,10);/q;+1. The van der Waals surface area contributed by atoms with E-state index in [4.69, 9.17) is 0 Å². The van der Waals surface area contributed by atoms with Gasteiger partial charge in [-0.1, -0.05) is 0 Å². The molecule has 0 atom stereocenters. The summed E-state index contributed by atoms with van der Waals surface area (Å²) in [5.41, 5.74) is 0.780. The molecule has 0 amide bonds. The van der Waals surface area contributed by atoms with Crippen LogP contribution in [-0.4, -0.2) is 9.78 Å². The molecule has 0 aliphatic carbocycles. The Hall–Kier alpha value is 0.0100. The van der Waals surface area contributed by atoms with Crippen molar-refractivity contribution >= 4 is 0 Å². The van der Waals surface area contributed by atoms with Crippen LogP contribution in [0, 0.1) is 6.92 Å². The first kappa shape index (κ1) is 11.0. The van der Waals surface area contributed by atoms with Crippen molar-refractivity contribution in [3.63, 3.8) is 0 Å². The van der Waals surface area contributed by atoms with E-state index >= 15 is 0 Å². The molecule has 0 unspecified atom stereocenters. The molecule has 0 aromatic carbocycles. The third kappa shape index (κ3) is 2.51. The number of hydrogen-bond donors (Lipinski definition) is 1. The number of aromatic nitrogens is 2. The average molecular weight is 163 g/mol. The monoisotopic (exact) mass is 163 g/mol. The third-order valence-electron chi connectivity index (χ3n) is 1.48. The first-order chi connectivity index (χ1) is 4.61. The van der Waals surface area contributed by atoms with E-state index in [1.165, 1.54) is 0 Å². The minimum Gasteiger partial charge on any atom is -0.290 e. The van der Waals surface area contributed by atoms with Gasteiger partial charge in [0.1, 0.15) is 0 Å². The summed E-state index contributed by atoms with van der Waals surface area (Å²) in [6.45, 7) is 5.85. The van der Waals surface area contributed by atoms with Gasteiger partial charge in [-0.05, 0) is 20.8 Å². The van der Waals surface area contributed by atoms with E-state index in [9.17, 15) is 4.79 Å². The summed E-state index contributed by atoms with van der Waals surface area (Å²) in [6.07, 6.45) is 1.83. The first-order valence-corrected chi connectivity index (χ1v) is 3.39.